The molecule has 0 fully saturated rings. The molecule has 0 saturated heterocycles. The summed E-state index contributed by atoms with van der Waals surface area (Å²) in [6, 6.07) is 16.9. The van der Waals surface area contributed by atoms with E-state index in [0.717, 1.165) is 5.56 Å². The van der Waals surface area contributed by atoms with Gasteiger partial charge in [0.15, 0.2) is 11.5 Å². The molecular weight excluding hydrogens is 416 g/mol. The smallest absolute Gasteiger partial charge is 0.279 e. The quantitative estimate of drug-likeness (QED) is 0.439. The summed E-state index contributed by atoms with van der Waals surface area (Å²) in [5, 5.41) is 11.7. The summed E-state index contributed by atoms with van der Waals surface area (Å²) in [5.74, 6) is 1.17. The molecule has 0 unspecified atom stereocenters. The summed E-state index contributed by atoms with van der Waals surface area (Å²) in [6.07, 6.45) is 1.81. The first-order valence-corrected chi connectivity index (χ1v) is 10.1. The minimum atomic E-state index is -0.410. The van der Waals surface area contributed by atoms with Crippen molar-refractivity contribution in [3.8, 4) is 5.75 Å². The van der Waals surface area contributed by atoms with Gasteiger partial charge in [-0.15, -0.1) is 0 Å². The molecule has 4 rings (SSSR count). The number of carbonyl (C=O) groups is 1. The molecule has 158 valence electrons. The van der Waals surface area contributed by atoms with Crippen LogP contribution in [0.2, 0.25) is 5.02 Å². The number of anilines is 1. The number of aromatic nitrogens is 3. The lowest BCUT2D eigenvalue weighted by molar-refractivity contribution is 0.101. The summed E-state index contributed by atoms with van der Waals surface area (Å²) in [4.78, 5) is 12.8. The molecule has 0 aliphatic rings. The molecule has 0 aliphatic heterocycles. The van der Waals surface area contributed by atoms with E-state index in [1.54, 1.807) is 41.9 Å². The van der Waals surface area contributed by atoms with Crippen LogP contribution in [0.1, 0.15) is 32.9 Å². The van der Waals surface area contributed by atoms with Gasteiger partial charge in [-0.3, -0.25) is 9.48 Å². The number of aryl methyl sites for hydroxylation is 2. The van der Waals surface area contributed by atoms with Crippen LogP contribution in [0.25, 0.3) is 0 Å². The molecule has 0 saturated carbocycles. The molecule has 0 atom stereocenters. The first kappa shape index (κ1) is 20.7. The molecule has 4 aromatic rings. The maximum Gasteiger partial charge on any atom is 0.279 e. The number of halogens is 1. The zero-order chi connectivity index (χ0) is 21.8. The summed E-state index contributed by atoms with van der Waals surface area (Å²) >= 11 is 5.89. The van der Waals surface area contributed by atoms with E-state index >= 15 is 0 Å². The van der Waals surface area contributed by atoms with Crippen molar-refractivity contribution in [3.63, 3.8) is 0 Å². The number of hydrogen-bond acceptors (Lipinski definition) is 5. The van der Waals surface area contributed by atoms with Crippen molar-refractivity contribution < 1.29 is 14.1 Å². The maximum absolute atomic E-state index is 12.8. The van der Waals surface area contributed by atoms with Crippen molar-refractivity contribution in [2.24, 2.45) is 0 Å². The number of rotatable bonds is 7. The minimum absolute atomic E-state index is 0.140. The van der Waals surface area contributed by atoms with E-state index in [9.17, 15) is 4.79 Å². The lowest BCUT2D eigenvalue weighted by Gasteiger charge is -2.07. The Hall–Kier alpha value is -3.58. The summed E-state index contributed by atoms with van der Waals surface area (Å²) < 4.78 is 12.7. The molecule has 2 aromatic heterocycles. The van der Waals surface area contributed by atoms with Crippen LogP contribution in [0.4, 0.5) is 5.82 Å². The van der Waals surface area contributed by atoms with Crippen LogP contribution in [0.15, 0.2) is 65.3 Å². The van der Waals surface area contributed by atoms with Crippen molar-refractivity contribution in [1.29, 1.82) is 0 Å². The first-order valence-electron chi connectivity index (χ1n) is 9.72. The van der Waals surface area contributed by atoms with E-state index in [1.807, 2.05) is 13.1 Å². The van der Waals surface area contributed by atoms with Crippen molar-refractivity contribution in [1.82, 2.24) is 14.9 Å². The Labute approximate surface area is 184 Å². The number of nitrogens with zero attached hydrogens (tertiary/aromatic N) is 3. The highest BCUT2D eigenvalue weighted by atomic mass is 35.5. The second-order valence-electron chi connectivity index (χ2n) is 7.15. The van der Waals surface area contributed by atoms with Gasteiger partial charge < -0.3 is 14.6 Å². The molecule has 0 bridgehead atoms. The van der Waals surface area contributed by atoms with Crippen LogP contribution in [0.5, 0.6) is 5.75 Å². The highest BCUT2D eigenvalue weighted by molar-refractivity contribution is 6.30. The lowest BCUT2D eigenvalue weighted by atomic mass is 10.1. The molecule has 2 heterocycles. The molecule has 0 aliphatic carbocycles. The van der Waals surface area contributed by atoms with Gasteiger partial charge in [0.25, 0.3) is 5.91 Å². The van der Waals surface area contributed by atoms with E-state index in [4.69, 9.17) is 20.9 Å². The SMILES string of the molecule is Cc1ccc(Cn2ccc(NC(=O)c3noc(C)c3COc3ccc(Cl)cc3)n2)cc1. The van der Waals surface area contributed by atoms with Crippen molar-refractivity contribution in [3.05, 3.63) is 94.0 Å². The Morgan fingerprint density at radius 3 is 2.58 bits per heavy atom. The fourth-order valence-electron chi connectivity index (χ4n) is 3.00. The average molecular weight is 437 g/mol. The molecule has 1 N–H and O–H groups in total. The van der Waals surface area contributed by atoms with Gasteiger partial charge in [-0.1, -0.05) is 46.6 Å². The van der Waals surface area contributed by atoms with E-state index < -0.39 is 5.91 Å². The number of benzene rings is 2. The first-order chi connectivity index (χ1) is 15.0. The molecule has 7 nitrogen and oxygen atoms in total. The van der Waals surface area contributed by atoms with E-state index in [2.05, 4.69) is 39.8 Å². The van der Waals surface area contributed by atoms with Crippen molar-refractivity contribution in [2.75, 3.05) is 5.32 Å². The van der Waals surface area contributed by atoms with E-state index in [-0.39, 0.29) is 12.3 Å². The van der Waals surface area contributed by atoms with Gasteiger partial charge in [-0.05, 0) is 43.7 Å². The Bertz CT molecular complexity index is 1180. The predicted octanol–water partition coefficient (Wildman–Crippen LogP) is 5.02. The van der Waals surface area contributed by atoms with Crippen molar-refractivity contribution in [2.45, 2.75) is 27.0 Å². The highest BCUT2D eigenvalue weighted by Gasteiger charge is 2.21. The van der Waals surface area contributed by atoms with Gasteiger partial charge in [-0.25, -0.2) is 0 Å². The largest absolute Gasteiger partial charge is 0.489 e. The van der Waals surface area contributed by atoms with Gasteiger partial charge in [0.1, 0.15) is 18.1 Å². The topological polar surface area (TPSA) is 82.2 Å². The zero-order valence-electron chi connectivity index (χ0n) is 17.1. The molecule has 8 heteroatoms. The number of ether oxygens (including phenoxy) is 1. The molecule has 31 heavy (non-hydrogen) atoms. The normalized spacial score (nSPS) is 10.8. The monoisotopic (exact) mass is 436 g/mol. The van der Waals surface area contributed by atoms with E-state index in [0.29, 0.717) is 34.5 Å². The third-order valence-electron chi connectivity index (χ3n) is 4.74. The number of nitrogens with one attached hydrogen (secondary N) is 1. The van der Waals surface area contributed by atoms with Gasteiger partial charge in [0, 0.05) is 17.3 Å². The molecule has 1 amide bonds. The Kier molecular flexibility index (Phi) is 6.04. The summed E-state index contributed by atoms with van der Waals surface area (Å²) in [5.41, 5.74) is 3.07. The predicted molar refractivity (Wildman–Crippen MR) is 117 cm³/mol. The average Bonchev–Trinajstić information content (AvgIpc) is 3.35. The standard InChI is InChI=1S/C23H21ClN4O3/c1-15-3-5-17(6-4-15)13-28-12-11-21(26-28)25-23(29)22-20(16(2)31-27-22)14-30-19-9-7-18(24)8-10-19/h3-12H,13-14H2,1-2H3,(H,25,26,29). The van der Waals surface area contributed by atoms with Crippen LogP contribution in [0, 0.1) is 13.8 Å². The Morgan fingerprint density at radius 1 is 1.10 bits per heavy atom. The van der Waals surface area contributed by atoms with Crippen LogP contribution < -0.4 is 10.1 Å². The number of hydrogen-bond donors (Lipinski definition) is 1. The molecule has 2 aromatic carbocycles. The minimum Gasteiger partial charge on any atom is -0.489 e. The third-order valence-corrected chi connectivity index (χ3v) is 5.00. The van der Waals surface area contributed by atoms with Gasteiger partial charge >= 0.3 is 0 Å². The van der Waals surface area contributed by atoms with Crippen LogP contribution in [-0.4, -0.2) is 20.8 Å². The summed E-state index contributed by atoms with van der Waals surface area (Å²) in [6.45, 7) is 4.54. The van der Waals surface area contributed by atoms with Gasteiger partial charge in [-0.2, -0.15) is 5.10 Å². The second-order valence-corrected chi connectivity index (χ2v) is 7.58. The fourth-order valence-corrected chi connectivity index (χ4v) is 3.12. The Morgan fingerprint density at radius 2 is 1.84 bits per heavy atom. The highest BCUT2D eigenvalue weighted by Crippen LogP contribution is 2.20. The fraction of sp³-hybridized carbons (Fsp3) is 0.174. The molecule has 0 radical (unpaired) electrons. The lowest BCUT2D eigenvalue weighted by Crippen LogP contribution is -2.16. The maximum atomic E-state index is 12.8. The second kappa shape index (κ2) is 9.06. The van der Waals surface area contributed by atoms with E-state index in [1.165, 1.54) is 5.56 Å². The Balaban J connectivity index is 1.41. The summed E-state index contributed by atoms with van der Waals surface area (Å²) in [7, 11) is 0. The van der Waals surface area contributed by atoms with Gasteiger partial charge in [0.05, 0.1) is 12.1 Å². The molecular formula is C23H21ClN4O3. The van der Waals surface area contributed by atoms with Crippen LogP contribution in [-0.2, 0) is 13.2 Å². The van der Waals surface area contributed by atoms with Crippen LogP contribution in [0.3, 0.4) is 0 Å². The van der Waals surface area contributed by atoms with Crippen LogP contribution >= 0.6 is 11.6 Å². The van der Waals surface area contributed by atoms with Crippen molar-refractivity contribution >= 4 is 23.3 Å². The molecule has 0 spiro atoms. The number of carbonyl (C=O) groups excluding carboxylic acids is 1. The number of amides is 1. The zero-order valence-corrected chi connectivity index (χ0v) is 17.9. The van der Waals surface area contributed by atoms with Gasteiger partial charge in [0.2, 0.25) is 0 Å². The third kappa shape index (κ3) is 5.13.